The van der Waals surface area contributed by atoms with Crippen LogP contribution in [0.5, 0.6) is 23.1 Å². The van der Waals surface area contributed by atoms with Crippen molar-refractivity contribution >= 4 is 5.91 Å². The van der Waals surface area contributed by atoms with E-state index in [9.17, 15) is 4.79 Å². The third kappa shape index (κ3) is 4.03. The molecule has 0 radical (unpaired) electrons. The number of hydrogen-bond acceptors (Lipinski definition) is 6. The third-order valence-electron chi connectivity index (χ3n) is 5.46. The van der Waals surface area contributed by atoms with Crippen molar-refractivity contribution < 1.29 is 19.0 Å². The second-order valence-electron chi connectivity index (χ2n) is 7.75. The number of ether oxygens (including phenoxy) is 3. The quantitative estimate of drug-likeness (QED) is 0.618. The fourth-order valence-corrected chi connectivity index (χ4v) is 3.83. The first kappa shape index (κ1) is 19.4. The summed E-state index contributed by atoms with van der Waals surface area (Å²) in [6, 6.07) is 13.2. The summed E-state index contributed by atoms with van der Waals surface area (Å²) in [5, 5.41) is 0. The average Bonchev–Trinajstić information content (AvgIpc) is 3.27. The Labute approximate surface area is 180 Å². The van der Waals surface area contributed by atoms with Crippen molar-refractivity contribution in [2.24, 2.45) is 0 Å². The normalized spacial score (nSPS) is 15.1. The van der Waals surface area contributed by atoms with Gasteiger partial charge in [0.25, 0.3) is 5.91 Å². The molecule has 1 saturated heterocycles. The summed E-state index contributed by atoms with van der Waals surface area (Å²) < 4.78 is 16.9. The van der Waals surface area contributed by atoms with Gasteiger partial charge in [-0.2, -0.15) is 4.98 Å². The van der Waals surface area contributed by atoms with Crippen LogP contribution in [0.15, 0.2) is 48.7 Å². The number of likely N-dealkylation sites (tertiary alicyclic amines) is 1. The largest absolute Gasteiger partial charge is 0.454 e. The highest BCUT2D eigenvalue weighted by atomic mass is 16.7. The van der Waals surface area contributed by atoms with Gasteiger partial charge in [-0.1, -0.05) is 23.8 Å². The molecule has 5 rings (SSSR count). The molecule has 3 aromatic rings. The summed E-state index contributed by atoms with van der Waals surface area (Å²) in [6.07, 6.45) is 4.73. The van der Waals surface area contributed by atoms with Gasteiger partial charge in [0.1, 0.15) is 11.3 Å². The summed E-state index contributed by atoms with van der Waals surface area (Å²) >= 11 is 0. The van der Waals surface area contributed by atoms with Crippen LogP contribution in [0.1, 0.15) is 35.2 Å². The van der Waals surface area contributed by atoms with Gasteiger partial charge in [0, 0.05) is 30.9 Å². The number of carbonyl (C=O) groups is 1. The van der Waals surface area contributed by atoms with Crippen molar-refractivity contribution in [3.63, 3.8) is 0 Å². The Morgan fingerprint density at radius 2 is 1.87 bits per heavy atom. The van der Waals surface area contributed by atoms with Crippen molar-refractivity contribution in [2.75, 3.05) is 19.9 Å². The van der Waals surface area contributed by atoms with Crippen LogP contribution in [0.2, 0.25) is 0 Å². The van der Waals surface area contributed by atoms with Crippen molar-refractivity contribution in [3.05, 3.63) is 59.8 Å². The summed E-state index contributed by atoms with van der Waals surface area (Å²) in [4.78, 5) is 24.2. The van der Waals surface area contributed by atoms with Crippen LogP contribution >= 0.6 is 0 Å². The Morgan fingerprint density at radius 3 is 2.71 bits per heavy atom. The lowest BCUT2D eigenvalue weighted by molar-refractivity contribution is 0.0720. The molecular formula is C24H23N3O4. The maximum atomic E-state index is 13.2. The van der Waals surface area contributed by atoms with Gasteiger partial charge in [0.2, 0.25) is 12.7 Å². The lowest BCUT2D eigenvalue weighted by atomic mass is 10.1. The van der Waals surface area contributed by atoms with E-state index in [1.165, 1.54) is 0 Å². The van der Waals surface area contributed by atoms with Crippen LogP contribution in [-0.4, -0.2) is 40.7 Å². The minimum atomic E-state index is -0.105. The molecule has 0 saturated carbocycles. The van der Waals surface area contributed by atoms with Crippen molar-refractivity contribution in [1.82, 2.24) is 14.9 Å². The maximum absolute atomic E-state index is 13.2. The van der Waals surface area contributed by atoms with Crippen LogP contribution in [0.4, 0.5) is 0 Å². The summed E-state index contributed by atoms with van der Waals surface area (Å²) in [5.41, 5.74) is 2.33. The average molecular weight is 417 g/mol. The van der Waals surface area contributed by atoms with E-state index in [1.54, 1.807) is 24.4 Å². The number of aryl methyl sites for hydroxylation is 1. The number of fused-ring (bicyclic) bond motifs is 1. The number of aromatic nitrogens is 2. The predicted molar refractivity (Wildman–Crippen MR) is 115 cm³/mol. The van der Waals surface area contributed by atoms with Crippen molar-refractivity contribution in [2.45, 2.75) is 26.2 Å². The first-order chi connectivity index (χ1) is 15.2. The Bertz CT molecular complexity index is 1130. The molecule has 0 unspecified atom stereocenters. The molecule has 2 aliphatic rings. The van der Waals surface area contributed by atoms with Gasteiger partial charge < -0.3 is 19.1 Å². The second kappa shape index (κ2) is 8.26. The fraction of sp³-hybridized carbons (Fsp3) is 0.292. The van der Waals surface area contributed by atoms with E-state index in [-0.39, 0.29) is 18.6 Å². The Morgan fingerprint density at radius 1 is 1.03 bits per heavy atom. The molecule has 3 heterocycles. The highest BCUT2D eigenvalue weighted by Gasteiger charge is 2.25. The van der Waals surface area contributed by atoms with E-state index in [4.69, 9.17) is 14.2 Å². The van der Waals surface area contributed by atoms with Gasteiger partial charge in [-0.05, 0) is 44.4 Å². The highest BCUT2D eigenvalue weighted by Crippen LogP contribution is 2.37. The van der Waals surface area contributed by atoms with E-state index in [0.29, 0.717) is 28.6 Å². The topological polar surface area (TPSA) is 73.8 Å². The summed E-state index contributed by atoms with van der Waals surface area (Å²) in [5.74, 6) is 2.43. The minimum Gasteiger partial charge on any atom is -0.454 e. The van der Waals surface area contributed by atoms with Crippen LogP contribution < -0.4 is 14.2 Å². The molecule has 2 aromatic carbocycles. The van der Waals surface area contributed by atoms with Crippen molar-refractivity contribution in [3.8, 4) is 34.5 Å². The molecule has 1 amide bonds. The van der Waals surface area contributed by atoms with Crippen LogP contribution in [0, 0.1) is 6.92 Å². The zero-order valence-electron chi connectivity index (χ0n) is 17.3. The zero-order chi connectivity index (χ0) is 21.2. The first-order valence-electron chi connectivity index (χ1n) is 10.5. The molecule has 1 fully saturated rings. The van der Waals surface area contributed by atoms with Gasteiger partial charge in [-0.15, -0.1) is 0 Å². The lowest BCUT2D eigenvalue weighted by Crippen LogP contribution is -2.36. The van der Waals surface area contributed by atoms with Crippen LogP contribution in [0.3, 0.4) is 0 Å². The fourth-order valence-electron chi connectivity index (χ4n) is 3.83. The second-order valence-corrected chi connectivity index (χ2v) is 7.75. The standard InChI is InChI=1S/C24H23N3O4/c1-16-6-5-7-17(12-16)22-25-14-19(24(28)27-10-3-2-4-11-27)23(26-22)31-18-8-9-20-21(13-18)30-15-29-20/h5-9,12-14H,2-4,10-11,15H2,1H3. The van der Waals surface area contributed by atoms with Gasteiger partial charge in [0.15, 0.2) is 17.3 Å². The molecule has 0 spiro atoms. The van der Waals surface area contributed by atoms with Gasteiger partial charge in [-0.25, -0.2) is 4.98 Å². The summed E-state index contributed by atoms with van der Waals surface area (Å²) in [7, 11) is 0. The number of benzene rings is 2. The maximum Gasteiger partial charge on any atom is 0.260 e. The molecule has 31 heavy (non-hydrogen) atoms. The smallest absolute Gasteiger partial charge is 0.260 e. The molecule has 0 N–H and O–H groups in total. The minimum absolute atomic E-state index is 0.105. The third-order valence-corrected chi connectivity index (χ3v) is 5.46. The number of nitrogens with zero attached hydrogens (tertiary/aromatic N) is 3. The van der Waals surface area contributed by atoms with Crippen molar-refractivity contribution in [1.29, 1.82) is 0 Å². The molecule has 0 bridgehead atoms. The molecule has 2 aliphatic heterocycles. The first-order valence-corrected chi connectivity index (χ1v) is 10.5. The number of rotatable bonds is 4. The monoisotopic (exact) mass is 417 g/mol. The molecule has 0 aliphatic carbocycles. The number of amides is 1. The van der Waals surface area contributed by atoms with E-state index >= 15 is 0 Å². The number of carbonyl (C=O) groups excluding carboxylic acids is 1. The Kier molecular flexibility index (Phi) is 5.16. The van der Waals surface area contributed by atoms with E-state index in [0.717, 1.165) is 43.5 Å². The van der Waals surface area contributed by atoms with Gasteiger partial charge >= 0.3 is 0 Å². The van der Waals surface area contributed by atoms with E-state index in [1.807, 2.05) is 36.1 Å². The SMILES string of the molecule is Cc1cccc(-c2ncc(C(=O)N3CCCCC3)c(Oc3ccc4c(c3)OCO4)n2)c1. The Balaban J connectivity index is 1.53. The van der Waals surface area contributed by atoms with E-state index in [2.05, 4.69) is 9.97 Å². The number of piperidine rings is 1. The summed E-state index contributed by atoms with van der Waals surface area (Å²) in [6.45, 7) is 3.67. The Hall–Kier alpha value is -3.61. The predicted octanol–water partition coefficient (Wildman–Crippen LogP) is 4.60. The van der Waals surface area contributed by atoms with Crippen LogP contribution in [0.25, 0.3) is 11.4 Å². The lowest BCUT2D eigenvalue weighted by Gasteiger charge is -2.27. The zero-order valence-corrected chi connectivity index (χ0v) is 17.3. The molecule has 1 aromatic heterocycles. The van der Waals surface area contributed by atoms with Gasteiger partial charge in [0.05, 0.1) is 0 Å². The molecule has 7 heteroatoms. The molecule has 158 valence electrons. The van der Waals surface area contributed by atoms with E-state index < -0.39 is 0 Å². The van der Waals surface area contributed by atoms with Crippen LogP contribution in [-0.2, 0) is 0 Å². The molecule has 0 atom stereocenters. The number of hydrogen-bond donors (Lipinski definition) is 0. The van der Waals surface area contributed by atoms with Gasteiger partial charge in [-0.3, -0.25) is 4.79 Å². The highest BCUT2D eigenvalue weighted by molar-refractivity contribution is 5.96. The molecule has 7 nitrogen and oxygen atoms in total. The molecular weight excluding hydrogens is 394 g/mol.